The Morgan fingerprint density at radius 2 is 1.23 bits per heavy atom. The van der Waals surface area contributed by atoms with Gasteiger partial charge in [-0.1, -0.05) is 28.6 Å². The van der Waals surface area contributed by atoms with Crippen molar-refractivity contribution in [3.63, 3.8) is 0 Å². The molecule has 0 fully saturated rings. The minimum Gasteiger partial charge on any atom is -0.489 e. The van der Waals surface area contributed by atoms with E-state index in [-0.39, 0.29) is 0 Å². The van der Waals surface area contributed by atoms with Gasteiger partial charge in [0.15, 0.2) is 0 Å². The van der Waals surface area contributed by atoms with E-state index in [4.69, 9.17) is 28.4 Å². The quantitative estimate of drug-likeness (QED) is 0.686. The van der Waals surface area contributed by atoms with Crippen molar-refractivity contribution < 1.29 is 28.4 Å². The van der Waals surface area contributed by atoms with E-state index in [1.807, 2.05) is 12.1 Å². The molecule has 26 heavy (non-hydrogen) atoms. The summed E-state index contributed by atoms with van der Waals surface area (Å²) in [5, 5.41) is 0. The molecular weight excluding hydrogens is 404 g/mol. The average Bonchev–Trinajstić information content (AvgIpc) is 2.63. The summed E-state index contributed by atoms with van der Waals surface area (Å²) in [5.74, 6) is 0.782. The number of halogens is 1. The first-order chi connectivity index (χ1) is 12.8. The van der Waals surface area contributed by atoms with Crippen molar-refractivity contribution in [3.05, 3.63) is 40.4 Å². The summed E-state index contributed by atoms with van der Waals surface area (Å²) in [6, 6.07) is 4.00. The van der Waals surface area contributed by atoms with Gasteiger partial charge in [0, 0.05) is 15.6 Å². The first kappa shape index (κ1) is 21.3. The topological polar surface area (TPSA) is 55.4 Å². The zero-order valence-electron chi connectivity index (χ0n) is 15.0. The molecule has 1 heterocycles. The minimum absolute atomic E-state index is 0.424. The van der Waals surface area contributed by atoms with Crippen LogP contribution in [0.5, 0.6) is 5.75 Å². The predicted molar refractivity (Wildman–Crippen MR) is 102 cm³/mol. The Labute approximate surface area is 163 Å². The summed E-state index contributed by atoms with van der Waals surface area (Å²) in [5.41, 5.74) is 1.92. The van der Waals surface area contributed by atoms with Gasteiger partial charge in [0.05, 0.1) is 66.1 Å². The molecule has 0 unspecified atom stereocenters. The maximum absolute atomic E-state index is 5.88. The van der Waals surface area contributed by atoms with Crippen molar-refractivity contribution >= 4 is 15.9 Å². The van der Waals surface area contributed by atoms with Crippen LogP contribution in [-0.4, -0.2) is 59.5 Å². The molecule has 146 valence electrons. The van der Waals surface area contributed by atoms with Gasteiger partial charge in [-0.3, -0.25) is 0 Å². The van der Waals surface area contributed by atoms with Crippen LogP contribution in [0.3, 0.4) is 0 Å². The molecular formula is C19H27BrO6. The van der Waals surface area contributed by atoms with E-state index in [1.54, 1.807) is 6.08 Å². The van der Waals surface area contributed by atoms with Gasteiger partial charge in [-0.25, -0.2) is 0 Å². The van der Waals surface area contributed by atoms with Gasteiger partial charge in [0.2, 0.25) is 0 Å². The number of rotatable bonds is 3. The fourth-order valence-electron chi connectivity index (χ4n) is 2.40. The zero-order valence-corrected chi connectivity index (χ0v) is 16.6. The first-order valence-electron chi connectivity index (χ1n) is 8.75. The molecule has 0 saturated heterocycles. The molecule has 0 aromatic heterocycles. The van der Waals surface area contributed by atoms with Gasteiger partial charge in [-0.15, -0.1) is 0 Å². The van der Waals surface area contributed by atoms with E-state index in [0.717, 1.165) is 21.3 Å². The van der Waals surface area contributed by atoms with Gasteiger partial charge in [-0.2, -0.15) is 0 Å². The predicted octanol–water partition coefficient (Wildman–Crippen LogP) is 3.11. The van der Waals surface area contributed by atoms with Crippen LogP contribution in [0.1, 0.15) is 11.1 Å². The Morgan fingerprint density at radius 3 is 1.65 bits per heavy atom. The molecule has 1 aliphatic heterocycles. The third-order valence-electron chi connectivity index (χ3n) is 3.56. The molecule has 0 aliphatic carbocycles. The number of hydrogen-bond acceptors (Lipinski definition) is 6. The fourth-order valence-corrected chi connectivity index (χ4v) is 2.95. The van der Waals surface area contributed by atoms with Crippen molar-refractivity contribution in [2.24, 2.45) is 0 Å². The lowest BCUT2D eigenvalue weighted by molar-refractivity contribution is -0.0148. The van der Waals surface area contributed by atoms with Crippen LogP contribution in [0.15, 0.2) is 29.3 Å². The lowest BCUT2D eigenvalue weighted by Crippen LogP contribution is -2.14. The van der Waals surface area contributed by atoms with Crippen molar-refractivity contribution in [3.8, 4) is 5.75 Å². The van der Waals surface area contributed by atoms with Crippen molar-refractivity contribution in [1.29, 1.82) is 0 Å². The van der Waals surface area contributed by atoms with Crippen LogP contribution in [0.2, 0.25) is 0 Å². The number of hydrogen-bond donors (Lipinski definition) is 0. The largest absolute Gasteiger partial charge is 0.489 e. The van der Waals surface area contributed by atoms with Crippen LogP contribution in [-0.2, 0) is 36.9 Å². The molecule has 1 aromatic carbocycles. The molecule has 0 N–H and O–H groups in total. The molecule has 0 radical (unpaired) electrons. The zero-order chi connectivity index (χ0) is 18.5. The molecule has 0 saturated carbocycles. The molecule has 0 spiro atoms. The van der Waals surface area contributed by atoms with Gasteiger partial charge in [0.1, 0.15) is 12.4 Å². The molecule has 0 amide bonds. The van der Waals surface area contributed by atoms with Gasteiger partial charge >= 0.3 is 0 Å². The number of ether oxygens (including phenoxy) is 6. The van der Waals surface area contributed by atoms with E-state index in [2.05, 4.69) is 22.5 Å². The maximum atomic E-state index is 5.88. The average molecular weight is 431 g/mol. The van der Waals surface area contributed by atoms with E-state index >= 15 is 0 Å². The third kappa shape index (κ3) is 8.16. The van der Waals surface area contributed by atoms with Crippen LogP contribution < -0.4 is 4.74 Å². The standard InChI is InChI=1S/C19H27BrO6/c1-2-3-26-19-16-12-18(20)13-17(19)15-25-11-9-23-7-5-21-4-6-22-8-10-24-14-16/h2,12-13H,1,3-11,14-15H2. The van der Waals surface area contributed by atoms with Crippen molar-refractivity contribution in [1.82, 2.24) is 0 Å². The van der Waals surface area contributed by atoms with Crippen LogP contribution in [0.4, 0.5) is 0 Å². The fraction of sp³-hybridized carbons (Fsp3) is 0.579. The summed E-state index contributed by atoms with van der Waals surface area (Å²) in [7, 11) is 0. The SMILES string of the molecule is C=CCOc1c2cc(Br)cc1COCCOCCOCCOCCOC2. The highest BCUT2D eigenvalue weighted by Gasteiger charge is 2.13. The lowest BCUT2D eigenvalue weighted by Gasteiger charge is -2.17. The van der Waals surface area contributed by atoms with Crippen molar-refractivity contribution in [2.45, 2.75) is 13.2 Å². The van der Waals surface area contributed by atoms with E-state index in [0.29, 0.717) is 72.7 Å². The van der Waals surface area contributed by atoms with Gasteiger partial charge < -0.3 is 28.4 Å². The molecule has 2 bridgehead atoms. The van der Waals surface area contributed by atoms with Crippen LogP contribution in [0.25, 0.3) is 0 Å². The highest BCUT2D eigenvalue weighted by molar-refractivity contribution is 9.10. The Morgan fingerprint density at radius 1 is 0.808 bits per heavy atom. The Kier molecular flexibility index (Phi) is 10.9. The molecule has 1 aromatic rings. The number of fused-ring (bicyclic) bond motifs is 2. The first-order valence-corrected chi connectivity index (χ1v) is 9.54. The Bertz CT molecular complexity index is 500. The second kappa shape index (κ2) is 13.2. The molecule has 0 atom stereocenters. The number of benzene rings is 1. The van der Waals surface area contributed by atoms with Crippen LogP contribution >= 0.6 is 15.9 Å². The molecule has 1 aliphatic rings. The monoisotopic (exact) mass is 430 g/mol. The third-order valence-corrected chi connectivity index (χ3v) is 4.01. The minimum atomic E-state index is 0.424. The summed E-state index contributed by atoms with van der Waals surface area (Å²) >= 11 is 3.55. The second-order valence-corrected chi connectivity index (χ2v) is 6.51. The highest BCUT2D eigenvalue weighted by atomic mass is 79.9. The van der Waals surface area contributed by atoms with Crippen molar-refractivity contribution in [2.75, 3.05) is 59.5 Å². The summed E-state index contributed by atoms with van der Waals surface area (Å²) in [6.45, 7) is 9.24. The summed E-state index contributed by atoms with van der Waals surface area (Å²) in [6.07, 6.45) is 1.72. The van der Waals surface area contributed by atoms with E-state index < -0.39 is 0 Å². The van der Waals surface area contributed by atoms with E-state index in [9.17, 15) is 0 Å². The molecule has 6 nitrogen and oxygen atoms in total. The van der Waals surface area contributed by atoms with E-state index in [1.165, 1.54) is 0 Å². The summed E-state index contributed by atoms with van der Waals surface area (Å²) < 4.78 is 34.7. The Hall–Kier alpha value is -0.960. The second-order valence-electron chi connectivity index (χ2n) is 5.60. The maximum Gasteiger partial charge on any atom is 0.130 e. The lowest BCUT2D eigenvalue weighted by atomic mass is 10.1. The highest BCUT2D eigenvalue weighted by Crippen LogP contribution is 2.30. The molecule has 7 heteroatoms. The summed E-state index contributed by atoms with van der Waals surface area (Å²) in [4.78, 5) is 0. The van der Waals surface area contributed by atoms with Gasteiger partial charge in [0.25, 0.3) is 0 Å². The normalized spacial score (nSPS) is 18.5. The van der Waals surface area contributed by atoms with Gasteiger partial charge in [-0.05, 0) is 12.1 Å². The van der Waals surface area contributed by atoms with Crippen LogP contribution in [0, 0.1) is 0 Å². The molecule has 2 rings (SSSR count). The smallest absolute Gasteiger partial charge is 0.130 e. The Balaban J connectivity index is 2.05.